The normalized spacial score (nSPS) is 17.6. The highest BCUT2D eigenvalue weighted by Crippen LogP contribution is 2.36. The van der Waals surface area contributed by atoms with E-state index in [4.69, 9.17) is 4.74 Å². The first kappa shape index (κ1) is 22.9. The number of rotatable bonds is 6. The van der Waals surface area contributed by atoms with Crippen LogP contribution in [-0.4, -0.2) is 39.4 Å². The topological polar surface area (TPSA) is 96.0 Å². The third-order valence-corrected chi connectivity index (χ3v) is 7.79. The molecule has 1 atom stereocenters. The third-order valence-electron chi connectivity index (χ3n) is 6.07. The Morgan fingerprint density at radius 3 is 2.40 bits per heavy atom. The molecule has 180 valence electrons. The van der Waals surface area contributed by atoms with Crippen LogP contribution < -0.4 is 19.3 Å². The number of carbonyl (C=O) groups excluding carboxylic acids is 2. The largest absolute Gasteiger partial charge is 0.476 e. The maximum Gasteiger partial charge on any atom is 0.267 e. The van der Waals surface area contributed by atoms with Gasteiger partial charge in [-0.3, -0.25) is 13.9 Å². The number of nitrogens with one attached hydrogen (secondary N) is 1. The molecule has 3 aromatic carbocycles. The van der Waals surface area contributed by atoms with Gasteiger partial charge in [-0.25, -0.2) is 8.42 Å². The van der Waals surface area contributed by atoms with Gasteiger partial charge >= 0.3 is 0 Å². The molecule has 0 radical (unpaired) electrons. The van der Waals surface area contributed by atoms with E-state index in [1.54, 1.807) is 77.7 Å². The van der Waals surface area contributed by atoms with Crippen molar-refractivity contribution in [2.75, 3.05) is 27.6 Å². The first-order valence-corrected chi connectivity index (χ1v) is 13.0. The molecule has 2 heterocycles. The third kappa shape index (κ3) is 4.85. The SMILES string of the molecule is O=C(Nc1ccc(N2CCCC2=O)cc1)[C@@H]1CN(S(=O)(=O)Cc2ccccc2)c2ccccc2O1. The van der Waals surface area contributed by atoms with E-state index in [9.17, 15) is 18.0 Å². The van der Waals surface area contributed by atoms with Gasteiger partial charge < -0.3 is 15.0 Å². The molecule has 0 aliphatic carbocycles. The number of carbonyl (C=O) groups is 2. The van der Waals surface area contributed by atoms with Crippen LogP contribution in [0.4, 0.5) is 17.1 Å². The maximum absolute atomic E-state index is 13.3. The summed E-state index contributed by atoms with van der Waals surface area (Å²) in [5.74, 6) is -0.219. The lowest BCUT2D eigenvalue weighted by Gasteiger charge is -2.34. The molecular formula is C26H25N3O5S. The van der Waals surface area contributed by atoms with Gasteiger partial charge in [0.05, 0.1) is 18.0 Å². The fourth-order valence-corrected chi connectivity index (χ4v) is 5.92. The van der Waals surface area contributed by atoms with Crippen molar-refractivity contribution in [3.63, 3.8) is 0 Å². The first-order valence-electron chi connectivity index (χ1n) is 11.4. The van der Waals surface area contributed by atoms with Crippen LogP contribution in [0.2, 0.25) is 0 Å². The highest BCUT2D eigenvalue weighted by atomic mass is 32.2. The summed E-state index contributed by atoms with van der Waals surface area (Å²) in [4.78, 5) is 26.8. The van der Waals surface area contributed by atoms with Crippen molar-refractivity contribution in [1.29, 1.82) is 0 Å². The Morgan fingerprint density at radius 1 is 0.971 bits per heavy atom. The lowest BCUT2D eigenvalue weighted by molar-refractivity contribution is -0.122. The molecule has 2 amide bonds. The number of ether oxygens (including phenoxy) is 1. The van der Waals surface area contributed by atoms with Gasteiger partial charge in [0.25, 0.3) is 5.91 Å². The fourth-order valence-electron chi connectivity index (χ4n) is 4.33. The second kappa shape index (κ2) is 9.42. The van der Waals surface area contributed by atoms with E-state index in [1.165, 1.54) is 4.31 Å². The van der Waals surface area contributed by atoms with Crippen molar-refractivity contribution < 1.29 is 22.7 Å². The zero-order valence-electron chi connectivity index (χ0n) is 19.0. The number of hydrogen-bond donors (Lipinski definition) is 1. The first-order chi connectivity index (χ1) is 16.9. The number of benzene rings is 3. The van der Waals surface area contributed by atoms with Crippen molar-refractivity contribution in [2.24, 2.45) is 0 Å². The molecule has 9 heteroatoms. The predicted octanol–water partition coefficient (Wildman–Crippen LogP) is 3.55. The molecule has 0 bridgehead atoms. The summed E-state index contributed by atoms with van der Waals surface area (Å²) in [6.45, 7) is 0.547. The lowest BCUT2D eigenvalue weighted by atomic mass is 10.2. The van der Waals surface area contributed by atoms with Gasteiger partial charge in [-0.2, -0.15) is 0 Å². The molecule has 0 saturated carbocycles. The molecule has 1 saturated heterocycles. The van der Waals surface area contributed by atoms with Crippen molar-refractivity contribution in [3.05, 3.63) is 84.4 Å². The molecule has 1 fully saturated rings. The van der Waals surface area contributed by atoms with Crippen molar-refractivity contribution in [2.45, 2.75) is 24.7 Å². The standard InChI is InChI=1S/C26H25N3O5S/c30-25-11-6-16-28(25)21-14-12-20(13-15-21)27-26(31)24-17-29(22-9-4-5-10-23(22)34-24)35(32,33)18-19-7-2-1-3-8-19/h1-5,7-10,12-15,24H,6,11,16-18H2,(H,27,31)/t24-/m0/s1. The minimum absolute atomic E-state index is 0.0906. The average molecular weight is 492 g/mol. The summed E-state index contributed by atoms with van der Waals surface area (Å²) in [5.41, 5.74) is 2.39. The van der Waals surface area contributed by atoms with Crippen LogP contribution in [0.5, 0.6) is 5.75 Å². The Bertz CT molecular complexity index is 1340. The van der Waals surface area contributed by atoms with Crippen LogP contribution in [-0.2, 0) is 25.4 Å². The van der Waals surface area contributed by atoms with Gasteiger partial charge in [0.1, 0.15) is 5.75 Å². The smallest absolute Gasteiger partial charge is 0.267 e. The Morgan fingerprint density at radius 2 is 1.69 bits per heavy atom. The summed E-state index contributed by atoms with van der Waals surface area (Å²) in [6, 6.07) is 22.7. The molecule has 0 aromatic heterocycles. The Labute approximate surface area is 204 Å². The molecule has 3 aromatic rings. The summed E-state index contributed by atoms with van der Waals surface area (Å²) in [6.07, 6.45) is 0.347. The minimum atomic E-state index is -3.77. The van der Waals surface area contributed by atoms with E-state index in [0.29, 0.717) is 35.7 Å². The Kier molecular flexibility index (Phi) is 6.17. The van der Waals surface area contributed by atoms with Gasteiger partial charge in [0.2, 0.25) is 15.9 Å². The van der Waals surface area contributed by atoms with Crippen LogP contribution in [0.3, 0.4) is 0 Å². The Balaban J connectivity index is 1.34. The van der Waals surface area contributed by atoms with Gasteiger partial charge in [0, 0.05) is 24.3 Å². The molecule has 2 aliphatic rings. The van der Waals surface area contributed by atoms with Crippen LogP contribution in [0, 0.1) is 0 Å². The predicted molar refractivity (Wildman–Crippen MR) is 134 cm³/mol. The second-order valence-corrected chi connectivity index (χ2v) is 10.4. The van der Waals surface area contributed by atoms with Gasteiger partial charge in [-0.15, -0.1) is 0 Å². The van der Waals surface area contributed by atoms with Crippen molar-refractivity contribution >= 4 is 38.9 Å². The van der Waals surface area contributed by atoms with Gasteiger partial charge in [-0.1, -0.05) is 42.5 Å². The van der Waals surface area contributed by atoms with E-state index in [1.807, 2.05) is 6.07 Å². The van der Waals surface area contributed by atoms with E-state index >= 15 is 0 Å². The van der Waals surface area contributed by atoms with Crippen LogP contribution >= 0.6 is 0 Å². The Hall–Kier alpha value is -3.85. The lowest BCUT2D eigenvalue weighted by Crippen LogP contribution is -2.49. The summed E-state index contributed by atoms with van der Waals surface area (Å²) >= 11 is 0. The quantitative estimate of drug-likeness (QED) is 0.569. The summed E-state index contributed by atoms with van der Waals surface area (Å²) in [5, 5.41) is 2.80. The van der Waals surface area contributed by atoms with Crippen LogP contribution in [0.15, 0.2) is 78.9 Å². The monoisotopic (exact) mass is 491 g/mol. The van der Waals surface area contributed by atoms with Gasteiger partial charge in [0.15, 0.2) is 6.10 Å². The number of anilines is 3. The molecular weight excluding hydrogens is 466 g/mol. The number of amides is 2. The van der Waals surface area contributed by atoms with Gasteiger partial charge in [-0.05, 0) is 48.4 Å². The molecule has 5 rings (SSSR count). The highest BCUT2D eigenvalue weighted by molar-refractivity contribution is 7.92. The summed E-state index contributed by atoms with van der Waals surface area (Å²) in [7, 11) is -3.77. The number of sulfonamides is 1. The molecule has 2 aliphatic heterocycles. The minimum Gasteiger partial charge on any atom is -0.476 e. The second-order valence-electron chi connectivity index (χ2n) is 8.53. The number of fused-ring (bicyclic) bond motifs is 1. The molecule has 0 spiro atoms. The fraction of sp³-hybridized carbons (Fsp3) is 0.231. The zero-order chi connectivity index (χ0) is 24.4. The van der Waals surface area contributed by atoms with Crippen LogP contribution in [0.25, 0.3) is 0 Å². The highest BCUT2D eigenvalue weighted by Gasteiger charge is 2.36. The zero-order valence-corrected chi connectivity index (χ0v) is 19.8. The number of para-hydroxylation sites is 2. The molecule has 35 heavy (non-hydrogen) atoms. The summed E-state index contributed by atoms with van der Waals surface area (Å²) < 4.78 is 33.8. The van der Waals surface area contributed by atoms with Crippen molar-refractivity contribution in [1.82, 2.24) is 0 Å². The van der Waals surface area contributed by atoms with E-state index in [0.717, 1.165) is 12.1 Å². The molecule has 0 unspecified atom stereocenters. The number of hydrogen-bond acceptors (Lipinski definition) is 5. The van der Waals surface area contributed by atoms with E-state index in [2.05, 4.69) is 5.32 Å². The van der Waals surface area contributed by atoms with Crippen LogP contribution in [0.1, 0.15) is 18.4 Å². The maximum atomic E-state index is 13.3. The van der Waals surface area contributed by atoms with Crippen molar-refractivity contribution in [3.8, 4) is 5.75 Å². The molecule has 8 nitrogen and oxygen atoms in total. The van der Waals surface area contributed by atoms with E-state index in [-0.39, 0.29) is 18.2 Å². The average Bonchev–Trinajstić information content (AvgIpc) is 3.30. The number of nitrogens with zero attached hydrogens (tertiary/aromatic N) is 2. The molecule has 1 N–H and O–H groups in total. The van der Waals surface area contributed by atoms with E-state index < -0.39 is 22.0 Å².